The SMILES string of the molecule is COc1cc(CCC2CCN(Cc3nc4cc(Cl)ccc4c(=O)[nH]3)CC2)cc(OC)c1. The summed E-state index contributed by atoms with van der Waals surface area (Å²) < 4.78 is 10.8. The number of aromatic nitrogens is 2. The molecular formula is C24H28ClN3O3. The number of nitrogens with zero attached hydrogens (tertiary/aromatic N) is 2. The summed E-state index contributed by atoms with van der Waals surface area (Å²) in [6.45, 7) is 2.66. The summed E-state index contributed by atoms with van der Waals surface area (Å²) in [6.07, 6.45) is 4.45. The number of fused-ring (bicyclic) bond motifs is 1. The second kappa shape index (κ2) is 9.71. The molecule has 0 radical (unpaired) electrons. The molecule has 0 amide bonds. The lowest BCUT2D eigenvalue weighted by Crippen LogP contribution is -2.34. The molecule has 1 aliphatic rings. The smallest absolute Gasteiger partial charge is 0.258 e. The maximum atomic E-state index is 12.3. The van der Waals surface area contributed by atoms with E-state index in [1.54, 1.807) is 32.4 Å². The van der Waals surface area contributed by atoms with Crippen molar-refractivity contribution in [1.29, 1.82) is 0 Å². The highest BCUT2D eigenvalue weighted by Crippen LogP contribution is 2.27. The molecule has 6 nitrogen and oxygen atoms in total. The van der Waals surface area contributed by atoms with Gasteiger partial charge in [0.1, 0.15) is 17.3 Å². The number of nitrogens with one attached hydrogen (secondary N) is 1. The van der Waals surface area contributed by atoms with E-state index in [9.17, 15) is 4.79 Å². The van der Waals surface area contributed by atoms with E-state index in [4.69, 9.17) is 21.1 Å². The molecule has 0 saturated carbocycles. The molecule has 31 heavy (non-hydrogen) atoms. The number of halogens is 1. The maximum Gasteiger partial charge on any atom is 0.258 e. The maximum absolute atomic E-state index is 12.3. The van der Waals surface area contributed by atoms with Crippen LogP contribution >= 0.6 is 11.6 Å². The molecule has 0 aliphatic carbocycles. The Balaban J connectivity index is 1.32. The minimum Gasteiger partial charge on any atom is -0.497 e. The molecule has 0 atom stereocenters. The molecule has 0 spiro atoms. The fourth-order valence-corrected chi connectivity index (χ4v) is 4.43. The first-order chi connectivity index (χ1) is 15.0. The van der Waals surface area contributed by atoms with E-state index in [2.05, 4.69) is 27.0 Å². The Morgan fingerprint density at radius 2 is 1.81 bits per heavy atom. The number of H-pyrrole nitrogens is 1. The van der Waals surface area contributed by atoms with Crippen LogP contribution in [0.1, 0.15) is 30.7 Å². The molecular weight excluding hydrogens is 414 g/mol. The van der Waals surface area contributed by atoms with Crippen LogP contribution in [0, 0.1) is 5.92 Å². The fraction of sp³-hybridized carbons (Fsp3) is 0.417. The summed E-state index contributed by atoms with van der Waals surface area (Å²) in [7, 11) is 3.36. The van der Waals surface area contributed by atoms with Gasteiger partial charge < -0.3 is 14.5 Å². The van der Waals surface area contributed by atoms with Gasteiger partial charge in [0.05, 0.1) is 31.7 Å². The molecule has 1 N–H and O–H groups in total. The number of hydrogen-bond acceptors (Lipinski definition) is 5. The van der Waals surface area contributed by atoms with Crippen molar-refractivity contribution >= 4 is 22.5 Å². The minimum absolute atomic E-state index is 0.111. The van der Waals surface area contributed by atoms with Crippen LogP contribution in [-0.4, -0.2) is 42.2 Å². The van der Waals surface area contributed by atoms with E-state index in [1.807, 2.05) is 6.07 Å². The molecule has 3 aromatic rings. The molecule has 0 bridgehead atoms. The second-order valence-electron chi connectivity index (χ2n) is 8.15. The van der Waals surface area contributed by atoms with Gasteiger partial charge in [0.2, 0.25) is 0 Å². The summed E-state index contributed by atoms with van der Waals surface area (Å²) in [5, 5.41) is 1.16. The van der Waals surface area contributed by atoms with Gasteiger partial charge in [-0.2, -0.15) is 0 Å². The average molecular weight is 442 g/mol. The Hall–Kier alpha value is -2.57. The van der Waals surface area contributed by atoms with E-state index in [0.717, 1.165) is 50.3 Å². The third-order valence-corrected chi connectivity index (χ3v) is 6.29. The number of methoxy groups -OCH3 is 2. The van der Waals surface area contributed by atoms with Crippen LogP contribution in [-0.2, 0) is 13.0 Å². The first-order valence-corrected chi connectivity index (χ1v) is 11.0. The molecule has 4 rings (SSSR count). The molecule has 7 heteroatoms. The van der Waals surface area contributed by atoms with E-state index in [1.165, 1.54) is 5.56 Å². The van der Waals surface area contributed by atoms with Crippen LogP contribution in [0.2, 0.25) is 5.02 Å². The van der Waals surface area contributed by atoms with Crippen LogP contribution < -0.4 is 15.0 Å². The Bertz CT molecular complexity index is 1080. The van der Waals surface area contributed by atoms with Crippen molar-refractivity contribution < 1.29 is 9.47 Å². The monoisotopic (exact) mass is 441 g/mol. The molecule has 164 valence electrons. The van der Waals surface area contributed by atoms with E-state index >= 15 is 0 Å². The van der Waals surface area contributed by atoms with Crippen molar-refractivity contribution in [3.05, 3.63) is 63.2 Å². The summed E-state index contributed by atoms with van der Waals surface area (Å²) in [5.41, 5.74) is 1.78. The van der Waals surface area contributed by atoms with Gasteiger partial charge in [0.15, 0.2) is 0 Å². The van der Waals surface area contributed by atoms with Crippen LogP contribution in [0.25, 0.3) is 10.9 Å². The predicted octanol–water partition coefficient (Wildman–Crippen LogP) is 4.44. The molecule has 1 aromatic heterocycles. The van der Waals surface area contributed by atoms with Gasteiger partial charge in [-0.3, -0.25) is 9.69 Å². The third kappa shape index (κ3) is 5.38. The molecule has 2 heterocycles. The quantitative estimate of drug-likeness (QED) is 0.587. The fourth-order valence-electron chi connectivity index (χ4n) is 4.26. The molecule has 0 unspecified atom stereocenters. The standard InChI is InChI=1S/C24H28ClN3O3/c1-30-19-11-17(12-20(14-19)31-2)4-3-16-7-9-28(10-8-16)15-23-26-22-13-18(25)5-6-21(22)24(29)27-23/h5-6,11-14,16H,3-4,7-10,15H2,1-2H3,(H,26,27,29). The summed E-state index contributed by atoms with van der Waals surface area (Å²) >= 11 is 6.06. The first kappa shape index (κ1) is 21.7. The molecule has 1 saturated heterocycles. The van der Waals surface area contributed by atoms with Crippen molar-refractivity contribution in [2.24, 2.45) is 5.92 Å². The zero-order chi connectivity index (χ0) is 21.8. The lowest BCUT2D eigenvalue weighted by molar-refractivity contribution is 0.169. The van der Waals surface area contributed by atoms with Gasteiger partial charge in [-0.25, -0.2) is 4.98 Å². The van der Waals surface area contributed by atoms with Crippen LogP contribution in [0.4, 0.5) is 0 Å². The molecule has 1 aliphatic heterocycles. The normalized spacial score (nSPS) is 15.3. The Morgan fingerprint density at radius 3 is 2.48 bits per heavy atom. The van der Waals surface area contributed by atoms with Crippen molar-refractivity contribution in [2.75, 3.05) is 27.3 Å². The topological polar surface area (TPSA) is 67.5 Å². The lowest BCUT2D eigenvalue weighted by atomic mass is 9.90. The highest BCUT2D eigenvalue weighted by Gasteiger charge is 2.20. The number of aromatic amines is 1. The van der Waals surface area contributed by atoms with E-state index in [-0.39, 0.29) is 5.56 Å². The van der Waals surface area contributed by atoms with Gasteiger partial charge in [0.25, 0.3) is 5.56 Å². The highest BCUT2D eigenvalue weighted by atomic mass is 35.5. The summed E-state index contributed by atoms with van der Waals surface area (Å²) in [4.78, 5) is 22.2. The van der Waals surface area contributed by atoms with Crippen molar-refractivity contribution in [2.45, 2.75) is 32.2 Å². The second-order valence-corrected chi connectivity index (χ2v) is 8.59. The van der Waals surface area contributed by atoms with Gasteiger partial charge in [-0.15, -0.1) is 0 Å². The van der Waals surface area contributed by atoms with Crippen molar-refractivity contribution in [1.82, 2.24) is 14.9 Å². The molecule has 2 aromatic carbocycles. The van der Waals surface area contributed by atoms with Crippen molar-refractivity contribution in [3.63, 3.8) is 0 Å². The van der Waals surface area contributed by atoms with Gasteiger partial charge in [-0.05, 0) is 80.6 Å². The van der Waals surface area contributed by atoms with E-state index < -0.39 is 0 Å². The zero-order valence-corrected chi connectivity index (χ0v) is 18.7. The number of rotatable bonds is 7. The summed E-state index contributed by atoms with van der Waals surface area (Å²) in [6, 6.07) is 11.3. The molecule has 1 fully saturated rings. The van der Waals surface area contributed by atoms with Crippen molar-refractivity contribution in [3.8, 4) is 11.5 Å². The minimum atomic E-state index is -0.111. The number of likely N-dealkylation sites (tertiary alicyclic amines) is 1. The van der Waals surface area contributed by atoms with Gasteiger partial charge >= 0.3 is 0 Å². The van der Waals surface area contributed by atoms with Crippen LogP contribution in [0.5, 0.6) is 11.5 Å². The first-order valence-electron chi connectivity index (χ1n) is 10.7. The number of hydrogen-bond donors (Lipinski definition) is 1. The average Bonchev–Trinajstić information content (AvgIpc) is 2.78. The number of aryl methyl sites for hydroxylation is 1. The Kier molecular flexibility index (Phi) is 6.78. The number of piperidine rings is 1. The number of benzene rings is 2. The van der Waals surface area contributed by atoms with Crippen LogP contribution in [0.15, 0.2) is 41.2 Å². The Morgan fingerprint density at radius 1 is 1.10 bits per heavy atom. The van der Waals surface area contributed by atoms with E-state index in [0.29, 0.717) is 34.2 Å². The lowest BCUT2D eigenvalue weighted by Gasteiger charge is -2.31. The van der Waals surface area contributed by atoms with Gasteiger partial charge in [-0.1, -0.05) is 11.6 Å². The zero-order valence-electron chi connectivity index (χ0n) is 18.0. The van der Waals surface area contributed by atoms with Crippen LogP contribution in [0.3, 0.4) is 0 Å². The summed E-state index contributed by atoms with van der Waals surface area (Å²) in [5.74, 6) is 3.06. The predicted molar refractivity (Wildman–Crippen MR) is 123 cm³/mol. The third-order valence-electron chi connectivity index (χ3n) is 6.05. The number of ether oxygens (including phenoxy) is 2. The largest absolute Gasteiger partial charge is 0.497 e. The van der Waals surface area contributed by atoms with Gasteiger partial charge in [0, 0.05) is 11.1 Å². The Labute approximate surface area is 187 Å². The highest BCUT2D eigenvalue weighted by molar-refractivity contribution is 6.31.